The number of hydrogen-bond acceptors (Lipinski definition) is 1. The molecule has 1 heterocycles. The fourth-order valence-electron chi connectivity index (χ4n) is 1.46. The molecule has 0 aliphatic carbocycles. The molecule has 0 bridgehead atoms. The Morgan fingerprint density at radius 2 is 1.64 bits per heavy atom. The topological polar surface area (TPSA) is 9.23 Å². The van der Waals surface area contributed by atoms with E-state index < -0.39 is 0 Å². The Hall–Kier alpha value is 0.390. The first-order valence-electron chi connectivity index (χ1n) is 4.51. The van der Waals surface area contributed by atoms with Crippen LogP contribution in [0.5, 0.6) is 0 Å². The second-order valence-electron chi connectivity index (χ2n) is 3.96. The van der Waals surface area contributed by atoms with Crippen LogP contribution in [0.1, 0.15) is 27.7 Å². The summed E-state index contributed by atoms with van der Waals surface area (Å²) in [5.74, 6) is 1.78. The molecule has 0 N–H and O–H groups in total. The van der Waals surface area contributed by atoms with Crippen LogP contribution in [0, 0.1) is 11.8 Å². The summed E-state index contributed by atoms with van der Waals surface area (Å²) in [6.45, 7) is 8.96. The van der Waals surface area contributed by atoms with E-state index >= 15 is 0 Å². The minimum Gasteiger partial charge on any atom is -0.357 e. The van der Waals surface area contributed by atoms with Crippen molar-refractivity contribution in [3.63, 3.8) is 0 Å². The molecule has 2 unspecified atom stereocenters. The van der Waals surface area contributed by atoms with E-state index in [1.54, 1.807) is 0 Å². The lowest BCUT2D eigenvalue weighted by atomic mass is 10.0. The predicted octanol–water partition coefficient (Wildman–Crippen LogP) is 3.09. The van der Waals surface area contributed by atoms with Crippen LogP contribution in [-0.4, -0.2) is 18.4 Å². The molecule has 0 radical (unpaired) electrons. The fourth-order valence-corrected chi connectivity index (χ4v) is 4.38. The molecule has 0 amide bonds. The first kappa shape index (κ1) is 9.48. The van der Waals surface area contributed by atoms with Gasteiger partial charge in [-0.3, -0.25) is 0 Å². The third kappa shape index (κ3) is 2.72. The highest BCUT2D eigenvalue weighted by molar-refractivity contribution is 7.52. The first-order chi connectivity index (χ1) is 5.09. The molecule has 0 aromatic heterocycles. The SMILES string of the molecule is CC(C)OP1CC(C)C(C)C1. The van der Waals surface area contributed by atoms with Crippen LogP contribution < -0.4 is 0 Å². The number of rotatable bonds is 2. The quantitative estimate of drug-likeness (QED) is 0.584. The highest BCUT2D eigenvalue weighted by atomic mass is 31.1. The van der Waals surface area contributed by atoms with E-state index in [-0.39, 0.29) is 8.15 Å². The van der Waals surface area contributed by atoms with Gasteiger partial charge in [0.1, 0.15) is 0 Å². The second kappa shape index (κ2) is 3.87. The van der Waals surface area contributed by atoms with Gasteiger partial charge in [0.2, 0.25) is 0 Å². The van der Waals surface area contributed by atoms with Gasteiger partial charge in [-0.05, 0) is 38.0 Å². The van der Waals surface area contributed by atoms with Crippen molar-refractivity contribution in [2.75, 3.05) is 12.3 Å². The van der Waals surface area contributed by atoms with Gasteiger partial charge in [0.15, 0.2) is 0 Å². The van der Waals surface area contributed by atoms with Gasteiger partial charge in [-0.2, -0.15) is 0 Å². The molecule has 2 atom stereocenters. The summed E-state index contributed by atoms with van der Waals surface area (Å²) >= 11 is 0. The minimum atomic E-state index is -0.0633. The van der Waals surface area contributed by atoms with Crippen LogP contribution in [0.2, 0.25) is 0 Å². The smallest absolute Gasteiger partial charge is 0.0561 e. The molecule has 1 rings (SSSR count). The maximum Gasteiger partial charge on any atom is 0.0561 e. The van der Waals surface area contributed by atoms with Gasteiger partial charge in [-0.25, -0.2) is 0 Å². The highest BCUT2D eigenvalue weighted by Crippen LogP contribution is 2.50. The van der Waals surface area contributed by atoms with Crippen molar-refractivity contribution in [1.29, 1.82) is 0 Å². The molecule has 0 spiro atoms. The Kier molecular flexibility index (Phi) is 3.33. The van der Waals surface area contributed by atoms with E-state index in [2.05, 4.69) is 27.7 Å². The zero-order valence-electron chi connectivity index (χ0n) is 8.00. The van der Waals surface area contributed by atoms with Crippen molar-refractivity contribution in [1.82, 2.24) is 0 Å². The standard InChI is InChI=1S/C9H19OP/c1-7(2)10-11-5-8(3)9(4)6-11/h7-9H,5-6H2,1-4H3. The predicted molar refractivity (Wildman–Crippen MR) is 51.2 cm³/mol. The normalized spacial score (nSPS) is 38.5. The largest absolute Gasteiger partial charge is 0.357 e. The summed E-state index contributed by atoms with van der Waals surface area (Å²) in [4.78, 5) is 0. The lowest BCUT2D eigenvalue weighted by molar-refractivity contribution is 0.272. The third-order valence-corrected chi connectivity index (χ3v) is 5.00. The molecule has 66 valence electrons. The monoisotopic (exact) mass is 174 g/mol. The second-order valence-corrected chi connectivity index (χ2v) is 5.86. The molecular weight excluding hydrogens is 155 g/mol. The summed E-state index contributed by atoms with van der Waals surface area (Å²) < 4.78 is 5.82. The molecule has 0 saturated carbocycles. The van der Waals surface area contributed by atoms with Crippen LogP contribution in [0.4, 0.5) is 0 Å². The van der Waals surface area contributed by atoms with Crippen molar-refractivity contribution in [2.24, 2.45) is 11.8 Å². The third-order valence-electron chi connectivity index (χ3n) is 2.31. The van der Waals surface area contributed by atoms with E-state index in [1.807, 2.05) is 0 Å². The van der Waals surface area contributed by atoms with Crippen molar-refractivity contribution in [3.05, 3.63) is 0 Å². The molecule has 1 fully saturated rings. The van der Waals surface area contributed by atoms with Crippen LogP contribution in [-0.2, 0) is 4.52 Å². The average molecular weight is 174 g/mol. The Morgan fingerprint density at radius 1 is 1.18 bits per heavy atom. The van der Waals surface area contributed by atoms with E-state index in [0.717, 1.165) is 11.8 Å². The maximum absolute atomic E-state index is 5.82. The summed E-state index contributed by atoms with van der Waals surface area (Å²) in [5, 5.41) is 0. The molecule has 1 aliphatic heterocycles. The van der Waals surface area contributed by atoms with Gasteiger partial charge < -0.3 is 4.52 Å². The van der Waals surface area contributed by atoms with Crippen molar-refractivity contribution in [3.8, 4) is 0 Å². The minimum absolute atomic E-state index is 0.0633. The molecule has 1 aliphatic rings. The van der Waals surface area contributed by atoms with Crippen LogP contribution in [0.25, 0.3) is 0 Å². The van der Waals surface area contributed by atoms with Crippen LogP contribution in [0.15, 0.2) is 0 Å². The molecule has 0 aromatic rings. The molecule has 1 nitrogen and oxygen atoms in total. The molecular formula is C9H19OP. The highest BCUT2D eigenvalue weighted by Gasteiger charge is 2.29. The van der Waals surface area contributed by atoms with Crippen molar-refractivity contribution < 1.29 is 4.52 Å². The lowest BCUT2D eigenvalue weighted by Gasteiger charge is -2.14. The number of hydrogen-bond donors (Lipinski definition) is 0. The summed E-state index contributed by atoms with van der Waals surface area (Å²) in [7, 11) is -0.0633. The average Bonchev–Trinajstić information content (AvgIpc) is 2.10. The van der Waals surface area contributed by atoms with Gasteiger partial charge in [-0.1, -0.05) is 13.8 Å². The molecule has 1 saturated heterocycles. The van der Waals surface area contributed by atoms with Crippen molar-refractivity contribution >= 4 is 8.15 Å². The first-order valence-corrected chi connectivity index (χ1v) is 6.14. The van der Waals surface area contributed by atoms with Crippen molar-refractivity contribution in [2.45, 2.75) is 33.8 Å². The Morgan fingerprint density at radius 3 is 2.00 bits per heavy atom. The zero-order chi connectivity index (χ0) is 8.43. The fraction of sp³-hybridized carbons (Fsp3) is 1.00. The van der Waals surface area contributed by atoms with E-state index in [0.29, 0.717) is 6.10 Å². The van der Waals surface area contributed by atoms with Gasteiger partial charge in [0.05, 0.1) is 6.10 Å². The van der Waals surface area contributed by atoms with Gasteiger partial charge >= 0.3 is 0 Å². The van der Waals surface area contributed by atoms with E-state index in [4.69, 9.17) is 4.52 Å². The zero-order valence-corrected chi connectivity index (χ0v) is 8.90. The lowest BCUT2D eigenvalue weighted by Crippen LogP contribution is -2.01. The van der Waals surface area contributed by atoms with Gasteiger partial charge in [0.25, 0.3) is 0 Å². The van der Waals surface area contributed by atoms with E-state index in [1.165, 1.54) is 12.3 Å². The maximum atomic E-state index is 5.82. The summed E-state index contributed by atoms with van der Waals surface area (Å²) in [5.41, 5.74) is 0. The van der Waals surface area contributed by atoms with Crippen LogP contribution in [0.3, 0.4) is 0 Å². The molecule has 11 heavy (non-hydrogen) atoms. The summed E-state index contributed by atoms with van der Waals surface area (Å²) in [6, 6.07) is 0. The summed E-state index contributed by atoms with van der Waals surface area (Å²) in [6.07, 6.45) is 3.09. The molecule has 0 aromatic carbocycles. The van der Waals surface area contributed by atoms with E-state index in [9.17, 15) is 0 Å². The Bertz CT molecular complexity index is 112. The Balaban J connectivity index is 2.29. The Labute approximate surface area is 71.4 Å². The molecule has 2 heteroatoms. The van der Waals surface area contributed by atoms with Gasteiger partial charge in [0, 0.05) is 8.15 Å². The van der Waals surface area contributed by atoms with Gasteiger partial charge in [-0.15, -0.1) is 0 Å². The van der Waals surface area contributed by atoms with Crippen LogP contribution >= 0.6 is 8.15 Å².